The van der Waals surface area contributed by atoms with Gasteiger partial charge in [0.1, 0.15) is 5.57 Å². The highest BCUT2D eigenvalue weighted by molar-refractivity contribution is 6.31. The summed E-state index contributed by atoms with van der Waals surface area (Å²) < 4.78 is 10.0. The van der Waals surface area contributed by atoms with Gasteiger partial charge in [0.15, 0.2) is 0 Å². The van der Waals surface area contributed by atoms with Gasteiger partial charge < -0.3 is 14.8 Å². The summed E-state index contributed by atoms with van der Waals surface area (Å²) in [5.41, 5.74) is 2.03. The summed E-state index contributed by atoms with van der Waals surface area (Å²) in [7, 11) is 2.94. The Balaban J connectivity index is 2.59. The van der Waals surface area contributed by atoms with Gasteiger partial charge in [-0.1, -0.05) is 18.2 Å². The number of rotatable bonds is 2. The molecule has 2 rings (SSSR count). The molecule has 0 atom stereocenters. The number of hydrogen-bond donors (Lipinski definition) is 1. The highest BCUT2D eigenvalue weighted by Gasteiger charge is 2.28. The van der Waals surface area contributed by atoms with Gasteiger partial charge in [0.05, 0.1) is 14.2 Å². The number of nitrogens with one attached hydrogen (secondary N) is 1. The number of carbonyl (C=O) groups is 1. The monoisotopic (exact) mass is 205 g/mol. The van der Waals surface area contributed by atoms with E-state index in [-0.39, 0.29) is 11.9 Å². The third-order valence-electron chi connectivity index (χ3n) is 2.25. The van der Waals surface area contributed by atoms with Crippen molar-refractivity contribution in [1.29, 1.82) is 0 Å². The molecule has 1 N–H and O–H groups in total. The molecule has 1 aromatic rings. The van der Waals surface area contributed by atoms with Gasteiger partial charge in [0.2, 0.25) is 0 Å². The van der Waals surface area contributed by atoms with E-state index in [0.29, 0.717) is 5.57 Å². The van der Waals surface area contributed by atoms with Gasteiger partial charge >= 0.3 is 0 Å². The lowest BCUT2D eigenvalue weighted by atomic mass is 10.1. The Morgan fingerprint density at radius 2 is 1.87 bits per heavy atom. The normalized spacial score (nSPS) is 13.2. The molecule has 1 aliphatic rings. The van der Waals surface area contributed by atoms with Gasteiger partial charge in [-0.15, -0.1) is 0 Å². The quantitative estimate of drug-likeness (QED) is 0.589. The SMILES string of the molecule is COC(OC)=C1C(=O)Nc2ccccc21. The van der Waals surface area contributed by atoms with Crippen LogP contribution < -0.4 is 5.32 Å². The van der Waals surface area contributed by atoms with Crippen LogP contribution in [-0.2, 0) is 14.3 Å². The summed E-state index contributed by atoms with van der Waals surface area (Å²) in [6.45, 7) is 0. The van der Waals surface area contributed by atoms with Crippen molar-refractivity contribution in [3.63, 3.8) is 0 Å². The molecule has 4 heteroatoms. The molecule has 1 aromatic carbocycles. The lowest BCUT2D eigenvalue weighted by Crippen LogP contribution is -2.07. The summed E-state index contributed by atoms with van der Waals surface area (Å²) in [5, 5.41) is 2.74. The standard InChI is InChI=1S/C11H11NO3/c1-14-11(15-2)9-7-5-3-4-6-8(7)12-10(9)13/h3-6H,1-2H3,(H,12,13). The van der Waals surface area contributed by atoms with Gasteiger partial charge in [-0.3, -0.25) is 4.79 Å². The van der Waals surface area contributed by atoms with E-state index in [4.69, 9.17) is 9.47 Å². The second-order valence-electron chi connectivity index (χ2n) is 3.07. The van der Waals surface area contributed by atoms with Crippen LogP contribution in [0.5, 0.6) is 0 Å². The van der Waals surface area contributed by atoms with Crippen LogP contribution in [0.1, 0.15) is 5.56 Å². The number of benzene rings is 1. The second-order valence-corrected chi connectivity index (χ2v) is 3.07. The molecular weight excluding hydrogens is 194 g/mol. The molecule has 1 amide bonds. The summed E-state index contributed by atoms with van der Waals surface area (Å²) in [5.74, 6) is 0.0346. The average Bonchev–Trinajstić information content (AvgIpc) is 2.58. The largest absolute Gasteiger partial charge is 0.468 e. The van der Waals surface area contributed by atoms with Crippen LogP contribution in [0.4, 0.5) is 5.69 Å². The summed E-state index contributed by atoms with van der Waals surface area (Å²) in [6, 6.07) is 7.41. The Morgan fingerprint density at radius 1 is 1.20 bits per heavy atom. The van der Waals surface area contributed by atoms with Crippen LogP contribution in [0.3, 0.4) is 0 Å². The van der Waals surface area contributed by atoms with E-state index in [0.717, 1.165) is 11.3 Å². The van der Waals surface area contributed by atoms with E-state index in [1.807, 2.05) is 24.3 Å². The molecule has 0 aliphatic carbocycles. The van der Waals surface area contributed by atoms with Crippen molar-refractivity contribution < 1.29 is 14.3 Å². The Bertz CT molecular complexity index is 431. The summed E-state index contributed by atoms with van der Waals surface area (Å²) in [6.07, 6.45) is 0. The van der Waals surface area contributed by atoms with Gasteiger partial charge in [-0.25, -0.2) is 0 Å². The maximum absolute atomic E-state index is 11.7. The third kappa shape index (κ3) is 1.44. The minimum Gasteiger partial charge on any atom is -0.468 e. The first kappa shape index (κ1) is 9.58. The van der Waals surface area contributed by atoms with Crippen molar-refractivity contribution in [2.24, 2.45) is 0 Å². The molecule has 15 heavy (non-hydrogen) atoms. The number of ether oxygens (including phenoxy) is 2. The van der Waals surface area contributed by atoms with Gasteiger partial charge in [-0.05, 0) is 6.07 Å². The van der Waals surface area contributed by atoms with Crippen LogP contribution in [0.2, 0.25) is 0 Å². The number of hydrogen-bond acceptors (Lipinski definition) is 3. The first-order valence-corrected chi connectivity index (χ1v) is 4.51. The van der Waals surface area contributed by atoms with Crippen LogP contribution in [-0.4, -0.2) is 20.1 Å². The molecule has 4 nitrogen and oxygen atoms in total. The van der Waals surface area contributed by atoms with Crippen molar-refractivity contribution in [3.05, 3.63) is 35.8 Å². The number of fused-ring (bicyclic) bond motifs is 1. The second kappa shape index (κ2) is 3.65. The Hall–Kier alpha value is -1.97. The molecule has 1 heterocycles. The fraction of sp³-hybridized carbons (Fsp3) is 0.182. The molecule has 0 spiro atoms. The highest BCUT2D eigenvalue weighted by atomic mass is 16.7. The van der Waals surface area contributed by atoms with Gasteiger partial charge in [-0.2, -0.15) is 0 Å². The Labute approximate surface area is 87.5 Å². The number of para-hydroxylation sites is 1. The maximum Gasteiger partial charge on any atom is 0.292 e. The van der Waals surface area contributed by atoms with Crippen molar-refractivity contribution in [1.82, 2.24) is 0 Å². The van der Waals surface area contributed by atoms with E-state index in [9.17, 15) is 4.79 Å². The molecule has 1 aliphatic heterocycles. The molecule has 0 unspecified atom stereocenters. The Kier molecular flexibility index (Phi) is 2.33. The lowest BCUT2D eigenvalue weighted by Gasteiger charge is -2.06. The number of anilines is 1. The first-order valence-electron chi connectivity index (χ1n) is 4.51. The van der Waals surface area contributed by atoms with E-state index in [2.05, 4.69) is 5.32 Å². The maximum atomic E-state index is 11.7. The molecule has 0 saturated carbocycles. The molecule has 0 fully saturated rings. The smallest absolute Gasteiger partial charge is 0.292 e. The molecule has 0 bridgehead atoms. The van der Waals surface area contributed by atoms with Crippen molar-refractivity contribution >= 4 is 17.2 Å². The number of amides is 1. The van der Waals surface area contributed by atoms with E-state index >= 15 is 0 Å². The van der Waals surface area contributed by atoms with E-state index in [1.165, 1.54) is 14.2 Å². The zero-order chi connectivity index (χ0) is 10.8. The zero-order valence-electron chi connectivity index (χ0n) is 8.53. The van der Waals surface area contributed by atoms with E-state index in [1.54, 1.807) is 0 Å². The highest BCUT2D eigenvalue weighted by Crippen LogP contribution is 2.33. The van der Waals surface area contributed by atoms with Gasteiger partial charge in [0, 0.05) is 11.3 Å². The van der Waals surface area contributed by atoms with Crippen molar-refractivity contribution in [3.8, 4) is 0 Å². The topological polar surface area (TPSA) is 47.6 Å². The molecule has 0 saturated heterocycles. The number of methoxy groups -OCH3 is 2. The predicted octanol–water partition coefficient (Wildman–Crippen LogP) is 1.60. The molecule has 0 radical (unpaired) electrons. The van der Waals surface area contributed by atoms with Crippen LogP contribution in [0.15, 0.2) is 30.2 Å². The zero-order valence-corrected chi connectivity index (χ0v) is 8.53. The predicted molar refractivity (Wildman–Crippen MR) is 56.0 cm³/mol. The third-order valence-corrected chi connectivity index (χ3v) is 2.25. The fourth-order valence-electron chi connectivity index (χ4n) is 1.61. The van der Waals surface area contributed by atoms with Crippen LogP contribution in [0.25, 0.3) is 5.57 Å². The fourth-order valence-corrected chi connectivity index (χ4v) is 1.61. The summed E-state index contributed by atoms with van der Waals surface area (Å²) in [4.78, 5) is 11.7. The first-order chi connectivity index (χ1) is 7.27. The molecular formula is C11H11NO3. The Morgan fingerprint density at radius 3 is 2.53 bits per heavy atom. The average molecular weight is 205 g/mol. The summed E-state index contributed by atoms with van der Waals surface area (Å²) >= 11 is 0. The molecule has 78 valence electrons. The van der Waals surface area contributed by atoms with Crippen LogP contribution >= 0.6 is 0 Å². The lowest BCUT2D eigenvalue weighted by molar-refractivity contribution is -0.111. The van der Waals surface area contributed by atoms with Crippen molar-refractivity contribution in [2.45, 2.75) is 0 Å². The van der Waals surface area contributed by atoms with E-state index < -0.39 is 0 Å². The van der Waals surface area contributed by atoms with Crippen LogP contribution in [0, 0.1) is 0 Å². The minimum atomic E-state index is -0.199. The number of carbonyl (C=O) groups excluding carboxylic acids is 1. The van der Waals surface area contributed by atoms with Gasteiger partial charge in [0.25, 0.3) is 11.9 Å². The van der Waals surface area contributed by atoms with Crippen molar-refractivity contribution in [2.75, 3.05) is 19.5 Å². The molecule has 0 aromatic heterocycles. The minimum absolute atomic E-state index is 0.199.